The van der Waals surface area contributed by atoms with Gasteiger partial charge in [-0.05, 0) is 49.4 Å². The maximum absolute atomic E-state index is 12.1. The third kappa shape index (κ3) is 3.34. The monoisotopic (exact) mass is 263 g/mol. The molecule has 0 spiro atoms. The lowest BCUT2D eigenvalue weighted by Crippen LogP contribution is -2.33. The first-order valence-electron chi connectivity index (χ1n) is 6.36. The van der Waals surface area contributed by atoms with Crippen molar-refractivity contribution in [2.75, 3.05) is 5.32 Å². The van der Waals surface area contributed by atoms with E-state index < -0.39 is 17.8 Å². The molecular formula is C15H21NO3. The highest BCUT2D eigenvalue weighted by atomic mass is 16.4. The summed E-state index contributed by atoms with van der Waals surface area (Å²) in [6.07, 6.45) is 0. The van der Waals surface area contributed by atoms with Crippen LogP contribution < -0.4 is 5.32 Å². The maximum Gasteiger partial charge on any atom is 0.316 e. The van der Waals surface area contributed by atoms with E-state index in [9.17, 15) is 9.59 Å². The SMILES string of the molecule is Cc1ccc(NC(=O)C(C(=O)O)C(C)C)c(C)c1C. The van der Waals surface area contributed by atoms with Crippen molar-refractivity contribution in [1.82, 2.24) is 0 Å². The first-order valence-corrected chi connectivity index (χ1v) is 6.36. The molecule has 0 aromatic heterocycles. The van der Waals surface area contributed by atoms with Gasteiger partial charge in [-0.1, -0.05) is 19.9 Å². The summed E-state index contributed by atoms with van der Waals surface area (Å²) in [6.45, 7) is 9.36. The molecule has 1 rings (SSSR count). The lowest BCUT2D eigenvalue weighted by atomic mass is 9.94. The van der Waals surface area contributed by atoms with Crippen LogP contribution in [0.15, 0.2) is 12.1 Å². The fourth-order valence-corrected chi connectivity index (χ4v) is 2.00. The first kappa shape index (κ1) is 15.2. The zero-order valence-electron chi connectivity index (χ0n) is 12.1. The predicted octanol–water partition coefficient (Wildman–Crippen LogP) is 2.91. The Morgan fingerprint density at radius 1 is 1.11 bits per heavy atom. The summed E-state index contributed by atoms with van der Waals surface area (Å²) >= 11 is 0. The van der Waals surface area contributed by atoms with Gasteiger partial charge < -0.3 is 10.4 Å². The summed E-state index contributed by atoms with van der Waals surface area (Å²) in [6, 6.07) is 3.73. The van der Waals surface area contributed by atoms with Crippen LogP contribution >= 0.6 is 0 Å². The molecule has 19 heavy (non-hydrogen) atoms. The van der Waals surface area contributed by atoms with E-state index in [1.54, 1.807) is 13.8 Å². The number of anilines is 1. The number of aliphatic carboxylic acids is 1. The highest BCUT2D eigenvalue weighted by Crippen LogP contribution is 2.23. The average Bonchev–Trinajstić information content (AvgIpc) is 2.29. The molecule has 0 aliphatic carbocycles. The van der Waals surface area contributed by atoms with E-state index >= 15 is 0 Å². The van der Waals surface area contributed by atoms with Crippen molar-refractivity contribution in [1.29, 1.82) is 0 Å². The highest BCUT2D eigenvalue weighted by Gasteiger charge is 2.29. The number of carboxylic acid groups (broad SMARTS) is 1. The van der Waals surface area contributed by atoms with Gasteiger partial charge in [-0.15, -0.1) is 0 Å². The van der Waals surface area contributed by atoms with E-state index in [-0.39, 0.29) is 5.92 Å². The first-order chi connectivity index (χ1) is 8.75. The van der Waals surface area contributed by atoms with E-state index in [0.717, 1.165) is 16.7 Å². The molecule has 2 N–H and O–H groups in total. The minimum atomic E-state index is -1.09. The molecule has 0 saturated carbocycles. The Morgan fingerprint density at radius 3 is 2.16 bits per heavy atom. The van der Waals surface area contributed by atoms with Crippen LogP contribution in [0.1, 0.15) is 30.5 Å². The number of benzene rings is 1. The molecule has 0 aliphatic heterocycles. The molecule has 0 aliphatic rings. The molecule has 1 aromatic rings. The smallest absolute Gasteiger partial charge is 0.316 e. The van der Waals surface area contributed by atoms with Gasteiger partial charge in [0.1, 0.15) is 5.92 Å². The van der Waals surface area contributed by atoms with Crippen LogP contribution in [-0.4, -0.2) is 17.0 Å². The molecule has 0 heterocycles. The third-order valence-electron chi connectivity index (χ3n) is 3.53. The number of carbonyl (C=O) groups is 2. The molecule has 0 fully saturated rings. The molecule has 0 radical (unpaired) electrons. The van der Waals surface area contributed by atoms with Gasteiger partial charge in [-0.2, -0.15) is 0 Å². The van der Waals surface area contributed by atoms with Crippen LogP contribution in [0.25, 0.3) is 0 Å². The molecule has 1 aromatic carbocycles. The molecule has 104 valence electrons. The summed E-state index contributed by atoms with van der Waals surface area (Å²) in [4.78, 5) is 23.2. The largest absolute Gasteiger partial charge is 0.481 e. The summed E-state index contributed by atoms with van der Waals surface area (Å²) in [5.41, 5.74) is 3.91. The topological polar surface area (TPSA) is 66.4 Å². The molecule has 4 nitrogen and oxygen atoms in total. The number of amides is 1. The second-order valence-corrected chi connectivity index (χ2v) is 5.23. The second kappa shape index (κ2) is 5.87. The molecule has 0 saturated heterocycles. The van der Waals surface area contributed by atoms with Crippen molar-refractivity contribution < 1.29 is 14.7 Å². The van der Waals surface area contributed by atoms with Crippen LogP contribution in [-0.2, 0) is 9.59 Å². The summed E-state index contributed by atoms with van der Waals surface area (Å²) in [5, 5.41) is 11.8. The highest BCUT2D eigenvalue weighted by molar-refractivity contribution is 6.04. The Hall–Kier alpha value is -1.84. The van der Waals surface area contributed by atoms with Crippen molar-refractivity contribution >= 4 is 17.6 Å². The van der Waals surface area contributed by atoms with E-state index in [1.807, 2.05) is 32.9 Å². The number of hydrogen-bond donors (Lipinski definition) is 2. The van der Waals surface area contributed by atoms with Gasteiger partial charge in [-0.3, -0.25) is 9.59 Å². The van der Waals surface area contributed by atoms with Crippen LogP contribution in [0.2, 0.25) is 0 Å². The fourth-order valence-electron chi connectivity index (χ4n) is 2.00. The second-order valence-electron chi connectivity index (χ2n) is 5.23. The normalized spacial score (nSPS) is 12.3. The van der Waals surface area contributed by atoms with Crippen molar-refractivity contribution in [3.05, 3.63) is 28.8 Å². The minimum absolute atomic E-state index is 0.246. The van der Waals surface area contributed by atoms with Gasteiger partial charge in [0.25, 0.3) is 0 Å². The Kier molecular flexibility index (Phi) is 4.70. The van der Waals surface area contributed by atoms with Gasteiger partial charge in [0.2, 0.25) is 5.91 Å². The molecule has 1 amide bonds. The van der Waals surface area contributed by atoms with Gasteiger partial charge in [-0.25, -0.2) is 0 Å². The molecular weight excluding hydrogens is 242 g/mol. The number of carboxylic acids is 1. The summed E-state index contributed by atoms with van der Waals surface area (Å²) in [5.74, 6) is -2.83. The Bertz CT molecular complexity index is 506. The number of aryl methyl sites for hydroxylation is 1. The fraction of sp³-hybridized carbons (Fsp3) is 0.467. The lowest BCUT2D eigenvalue weighted by molar-refractivity contribution is -0.147. The van der Waals surface area contributed by atoms with E-state index in [2.05, 4.69) is 5.32 Å². The predicted molar refractivity (Wildman–Crippen MR) is 75.2 cm³/mol. The summed E-state index contributed by atoms with van der Waals surface area (Å²) < 4.78 is 0. The summed E-state index contributed by atoms with van der Waals surface area (Å²) in [7, 11) is 0. The number of hydrogen-bond acceptors (Lipinski definition) is 2. The van der Waals surface area contributed by atoms with Gasteiger partial charge in [0, 0.05) is 5.69 Å². The van der Waals surface area contributed by atoms with Crippen LogP contribution in [0, 0.1) is 32.6 Å². The van der Waals surface area contributed by atoms with E-state index in [0.29, 0.717) is 5.69 Å². The Labute approximate surface area is 113 Å². The standard InChI is InChI=1S/C15H21NO3/c1-8(2)13(15(18)19)14(17)16-12-7-6-9(3)10(4)11(12)5/h6-8,13H,1-5H3,(H,16,17)(H,18,19). The van der Waals surface area contributed by atoms with E-state index in [1.165, 1.54) is 0 Å². The maximum atomic E-state index is 12.1. The lowest BCUT2D eigenvalue weighted by Gasteiger charge is -2.18. The van der Waals surface area contributed by atoms with E-state index in [4.69, 9.17) is 5.11 Å². The van der Waals surface area contributed by atoms with Crippen molar-refractivity contribution in [3.8, 4) is 0 Å². The zero-order chi connectivity index (χ0) is 14.7. The van der Waals surface area contributed by atoms with Crippen molar-refractivity contribution in [2.24, 2.45) is 11.8 Å². The van der Waals surface area contributed by atoms with Crippen LogP contribution in [0.3, 0.4) is 0 Å². The van der Waals surface area contributed by atoms with Gasteiger partial charge in [0.15, 0.2) is 0 Å². The van der Waals surface area contributed by atoms with Crippen molar-refractivity contribution in [2.45, 2.75) is 34.6 Å². The number of nitrogens with one attached hydrogen (secondary N) is 1. The minimum Gasteiger partial charge on any atom is -0.481 e. The molecule has 1 unspecified atom stereocenters. The van der Waals surface area contributed by atoms with Crippen molar-refractivity contribution in [3.63, 3.8) is 0 Å². The third-order valence-corrected chi connectivity index (χ3v) is 3.53. The van der Waals surface area contributed by atoms with Crippen LogP contribution in [0.5, 0.6) is 0 Å². The zero-order valence-corrected chi connectivity index (χ0v) is 12.1. The number of rotatable bonds is 4. The average molecular weight is 263 g/mol. The molecule has 1 atom stereocenters. The molecule has 0 bridgehead atoms. The number of carbonyl (C=O) groups excluding carboxylic acids is 1. The van der Waals surface area contributed by atoms with Crippen LogP contribution in [0.4, 0.5) is 5.69 Å². The Morgan fingerprint density at radius 2 is 1.68 bits per heavy atom. The van der Waals surface area contributed by atoms with Gasteiger partial charge >= 0.3 is 5.97 Å². The Balaban J connectivity index is 3.00. The molecule has 4 heteroatoms. The quantitative estimate of drug-likeness (QED) is 0.821. The van der Waals surface area contributed by atoms with Gasteiger partial charge in [0.05, 0.1) is 0 Å².